The van der Waals surface area contributed by atoms with E-state index in [0.29, 0.717) is 10.2 Å². The molecule has 0 bridgehead atoms. The molecule has 0 aliphatic carbocycles. The van der Waals surface area contributed by atoms with E-state index in [0.717, 1.165) is 12.1 Å². The standard InChI is InChI=1S/C14H10BrF3O2/c1-19-11-7-9(14(16,17)18)8-12(13(11)15)20-10-5-3-2-4-6-10/h2-8H,1H3. The third-order valence-corrected chi connectivity index (χ3v) is 3.31. The molecule has 6 heteroatoms. The zero-order valence-electron chi connectivity index (χ0n) is 10.4. The van der Waals surface area contributed by atoms with E-state index in [-0.39, 0.29) is 11.5 Å². The second-order valence-corrected chi connectivity index (χ2v) is 4.70. The number of hydrogen-bond donors (Lipinski definition) is 0. The molecule has 2 aromatic carbocycles. The van der Waals surface area contributed by atoms with E-state index < -0.39 is 11.7 Å². The quantitative estimate of drug-likeness (QED) is 0.753. The third-order valence-electron chi connectivity index (χ3n) is 2.52. The summed E-state index contributed by atoms with van der Waals surface area (Å²) in [7, 11) is 1.30. The number of methoxy groups -OCH3 is 1. The topological polar surface area (TPSA) is 18.5 Å². The maximum absolute atomic E-state index is 12.8. The van der Waals surface area contributed by atoms with Crippen molar-refractivity contribution in [2.45, 2.75) is 6.18 Å². The van der Waals surface area contributed by atoms with Crippen molar-refractivity contribution in [1.29, 1.82) is 0 Å². The van der Waals surface area contributed by atoms with Crippen LogP contribution in [0.1, 0.15) is 5.56 Å². The van der Waals surface area contributed by atoms with Gasteiger partial charge in [0, 0.05) is 0 Å². The highest BCUT2D eigenvalue weighted by Gasteiger charge is 2.32. The Bertz CT molecular complexity index is 597. The highest BCUT2D eigenvalue weighted by atomic mass is 79.9. The first-order valence-corrected chi connectivity index (χ1v) is 6.38. The summed E-state index contributed by atoms with van der Waals surface area (Å²) in [6.07, 6.45) is -4.47. The van der Waals surface area contributed by atoms with Gasteiger partial charge in [0.25, 0.3) is 0 Å². The van der Waals surface area contributed by atoms with Gasteiger partial charge in [-0.3, -0.25) is 0 Å². The average Bonchev–Trinajstić information content (AvgIpc) is 2.41. The largest absolute Gasteiger partial charge is 0.495 e. The fourth-order valence-corrected chi connectivity index (χ4v) is 2.05. The van der Waals surface area contributed by atoms with Crippen molar-refractivity contribution in [3.8, 4) is 17.2 Å². The monoisotopic (exact) mass is 346 g/mol. The second-order valence-electron chi connectivity index (χ2n) is 3.90. The number of alkyl halides is 3. The van der Waals surface area contributed by atoms with E-state index in [9.17, 15) is 13.2 Å². The van der Waals surface area contributed by atoms with E-state index in [1.54, 1.807) is 30.3 Å². The molecule has 0 aromatic heterocycles. The van der Waals surface area contributed by atoms with Crippen LogP contribution >= 0.6 is 15.9 Å². The smallest absolute Gasteiger partial charge is 0.416 e. The van der Waals surface area contributed by atoms with Crippen LogP contribution in [0, 0.1) is 0 Å². The molecule has 0 spiro atoms. The highest BCUT2D eigenvalue weighted by molar-refractivity contribution is 9.10. The summed E-state index contributed by atoms with van der Waals surface area (Å²) in [5, 5.41) is 0. The molecule has 0 amide bonds. The average molecular weight is 347 g/mol. The molecule has 0 aliphatic heterocycles. The van der Waals surface area contributed by atoms with Gasteiger partial charge < -0.3 is 9.47 Å². The fraction of sp³-hybridized carbons (Fsp3) is 0.143. The number of hydrogen-bond acceptors (Lipinski definition) is 2. The van der Waals surface area contributed by atoms with E-state index in [1.165, 1.54) is 7.11 Å². The van der Waals surface area contributed by atoms with Crippen LogP contribution < -0.4 is 9.47 Å². The minimum atomic E-state index is -4.47. The first kappa shape index (κ1) is 14.7. The van der Waals surface area contributed by atoms with Crippen molar-refractivity contribution in [1.82, 2.24) is 0 Å². The summed E-state index contributed by atoms with van der Waals surface area (Å²) in [5.74, 6) is 0.545. The molecule has 20 heavy (non-hydrogen) atoms. The van der Waals surface area contributed by atoms with Crippen LogP contribution in [-0.4, -0.2) is 7.11 Å². The normalized spacial score (nSPS) is 11.2. The van der Waals surface area contributed by atoms with E-state index in [1.807, 2.05) is 0 Å². The number of para-hydroxylation sites is 1. The number of benzene rings is 2. The van der Waals surface area contributed by atoms with Crippen LogP contribution in [0.25, 0.3) is 0 Å². The Morgan fingerprint density at radius 1 is 1.00 bits per heavy atom. The van der Waals surface area contributed by atoms with E-state index in [4.69, 9.17) is 9.47 Å². The lowest BCUT2D eigenvalue weighted by Crippen LogP contribution is -2.06. The molecule has 2 rings (SSSR count). The zero-order valence-corrected chi connectivity index (χ0v) is 12.0. The summed E-state index contributed by atoms with van der Waals surface area (Å²) < 4.78 is 49.2. The van der Waals surface area contributed by atoms with Gasteiger partial charge in [0.1, 0.15) is 21.7 Å². The lowest BCUT2D eigenvalue weighted by molar-refractivity contribution is -0.137. The van der Waals surface area contributed by atoms with Gasteiger partial charge in [-0.15, -0.1) is 0 Å². The third kappa shape index (κ3) is 3.25. The fourth-order valence-electron chi connectivity index (χ4n) is 1.57. The summed E-state index contributed by atoms with van der Waals surface area (Å²) in [5.41, 5.74) is -0.830. The Hall–Kier alpha value is -1.69. The molecular weight excluding hydrogens is 337 g/mol. The molecule has 0 aliphatic rings. The van der Waals surface area contributed by atoms with Gasteiger partial charge in [-0.2, -0.15) is 13.2 Å². The molecule has 0 saturated carbocycles. The molecule has 0 fully saturated rings. The number of rotatable bonds is 3. The highest BCUT2D eigenvalue weighted by Crippen LogP contribution is 2.42. The summed E-state index contributed by atoms with van der Waals surface area (Å²) in [4.78, 5) is 0. The molecule has 0 saturated heterocycles. The SMILES string of the molecule is COc1cc(C(F)(F)F)cc(Oc2ccccc2)c1Br. The van der Waals surface area contributed by atoms with Gasteiger partial charge in [-0.25, -0.2) is 0 Å². The van der Waals surface area contributed by atoms with Gasteiger partial charge in [0.05, 0.1) is 12.7 Å². The summed E-state index contributed by atoms with van der Waals surface area (Å²) in [6.45, 7) is 0. The van der Waals surface area contributed by atoms with Crippen LogP contribution in [0.2, 0.25) is 0 Å². The number of ether oxygens (including phenoxy) is 2. The van der Waals surface area contributed by atoms with Gasteiger partial charge in [-0.05, 0) is 40.2 Å². The van der Waals surface area contributed by atoms with Gasteiger partial charge in [0.2, 0.25) is 0 Å². The Kier molecular flexibility index (Phi) is 4.23. The molecule has 0 atom stereocenters. The van der Waals surface area contributed by atoms with Crippen molar-refractivity contribution >= 4 is 15.9 Å². The summed E-state index contributed by atoms with van der Waals surface area (Å²) >= 11 is 3.18. The Morgan fingerprint density at radius 3 is 2.15 bits per heavy atom. The maximum Gasteiger partial charge on any atom is 0.416 e. The van der Waals surface area contributed by atoms with Crippen LogP contribution in [0.4, 0.5) is 13.2 Å². The molecule has 2 nitrogen and oxygen atoms in total. The van der Waals surface area contributed by atoms with Crippen LogP contribution in [0.5, 0.6) is 17.2 Å². The lowest BCUT2D eigenvalue weighted by Gasteiger charge is -2.14. The molecule has 0 radical (unpaired) electrons. The minimum absolute atomic E-state index is 0.0443. The zero-order chi connectivity index (χ0) is 14.8. The first-order valence-electron chi connectivity index (χ1n) is 5.59. The molecule has 106 valence electrons. The predicted molar refractivity (Wildman–Crippen MR) is 72.2 cm³/mol. The lowest BCUT2D eigenvalue weighted by atomic mass is 10.2. The number of halogens is 4. The molecule has 0 N–H and O–H groups in total. The Morgan fingerprint density at radius 2 is 1.60 bits per heavy atom. The van der Waals surface area contributed by atoms with Crippen LogP contribution in [-0.2, 0) is 6.18 Å². The Labute approximate surface area is 122 Å². The Balaban J connectivity index is 2.46. The van der Waals surface area contributed by atoms with E-state index in [2.05, 4.69) is 15.9 Å². The van der Waals surface area contributed by atoms with Gasteiger partial charge >= 0.3 is 6.18 Å². The second kappa shape index (κ2) is 5.75. The molecule has 2 aromatic rings. The molecule has 0 unspecified atom stereocenters. The van der Waals surface area contributed by atoms with Crippen molar-refractivity contribution in [2.75, 3.05) is 7.11 Å². The van der Waals surface area contributed by atoms with Gasteiger partial charge in [-0.1, -0.05) is 18.2 Å². The van der Waals surface area contributed by atoms with Crippen molar-refractivity contribution in [3.05, 3.63) is 52.5 Å². The van der Waals surface area contributed by atoms with Gasteiger partial charge in [0.15, 0.2) is 0 Å². The van der Waals surface area contributed by atoms with Crippen molar-refractivity contribution in [3.63, 3.8) is 0 Å². The summed E-state index contributed by atoms with van der Waals surface area (Å²) in [6, 6.07) is 10.4. The maximum atomic E-state index is 12.8. The van der Waals surface area contributed by atoms with E-state index >= 15 is 0 Å². The van der Waals surface area contributed by atoms with Crippen molar-refractivity contribution < 1.29 is 22.6 Å². The molecular formula is C14H10BrF3O2. The first-order chi connectivity index (χ1) is 9.41. The van der Waals surface area contributed by atoms with Crippen molar-refractivity contribution in [2.24, 2.45) is 0 Å². The van der Waals surface area contributed by atoms with Crippen LogP contribution in [0.3, 0.4) is 0 Å². The van der Waals surface area contributed by atoms with Crippen LogP contribution in [0.15, 0.2) is 46.9 Å². The predicted octanol–water partition coefficient (Wildman–Crippen LogP) is 5.27. The minimum Gasteiger partial charge on any atom is -0.495 e. The molecule has 0 heterocycles.